The summed E-state index contributed by atoms with van der Waals surface area (Å²) in [5.41, 5.74) is 1.15. The van der Waals surface area contributed by atoms with Crippen LogP contribution in [-0.2, 0) is 0 Å². The van der Waals surface area contributed by atoms with Crippen LogP contribution in [0.15, 0.2) is 22.7 Å². The number of piperidine rings is 1. The molecule has 3 heterocycles. The molecule has 152 valence electrons. The molecule has 1 aromatic heterocycles. The van der Waals surface area contributed by atoms with E-state index >= 15 is 0 Å². The molecule has 1 aromatic carbocycles. The minimum atomic E-state index is -0.307. The topological polar surface area (TPSA) is 96.6 Å². The minimum Gasteiger partial charge on any atom is -0.339 e. The van der Waals surface area contributed by atoms with Crippen molar-refractivity contribution in [2.45, 2.75) is 45.4 Å². The molecule has 29 heavy (non-hydrogen) atoms. The number of hydrogen-bond acceptors (Lipinski definition) is 6. The third-order valence-electron chi connectivity index (χ3n) is 5.63. The van der Waals surface area contributed by atoms with Crippen LogP contribution < -0.4 is 0 Å². The van der Waals surface area contributed by atoms with Crippen LogP contribution in [0.25, 0.3) is 0 Å². The Morgan fingerprint density at radius 3 is 2.55 bits per heavy atom. The van der Waals surface area contributed by atoms with Gasteiger partial charge in [0.25, 0.3) is 17.7 Å². The van der Waals surface area contributed by atoms with E-state index in [4.69, 9.17) is 4.52 Å². The maximum atomic E-state index is 13.0. The molecule has 8 heteroatoms. The number of hydrogen-bond donors (Lipinski definition) is 0. The smallest absolute Gasteiger partial charge is 0.261 e. The number of rotatable bonds is 5. The van der Waals surface area contributed by atoms with Gasteiger partial charge < -0.3 is 9.42 Å². The monoisotopic (exact) mass is 396 g/mol. The summed E-state index contributed by atoms with van der Waals surface area (Å²) in [6.07, 6.45) is 3.17. The number of aryl methyl sites for hydroxylation is 1. The summed E-state index contributed by atoms with van der Waals surface area (Å²) < 4.78 is 5.26. The molecule has 0 atom stereocenters. The highest BCUT2D eigenvalue weighted by Crippen LogP contribution is 2.29. The lowest BCUT2D eigenvalue weighted by Crippen LogP contribution is -2.38. The second-order valence-electron chi connectivity index (χ2n) is 7.62. The van der Waals surface area contributed by atoms with E-state index < -0.39 is 0 Å². The predicted octanol–water partition coefficient (Wildman–Crippen LogP) is 2.79. The van der Waals surface area contributed by atoms with Crippen LogP contribution in [0.2, 0.25) is 0 Å². The third-order valence-corrected chi connectivity index (χ3v) is 5.63. The van der Waals surface area contributed by atoms with Gasteiger partial charge in [-0.15, -0.1) is 0 Å². The molecule has 2 aromatic rings. The van der Waals surface area contributed by atoms with Crippen molar-refractivity contribution < 1.29 is 18.9 Å². The number of fused-ring (bicyclic) bond motifs is 1. The van der Waals surface area contributed by atoms with Crippen molar-refractivity contribution in [3.8, 4) is 0 Å². The summed E-state index contributed by atoms with van der Waals surface area (Å²) in [7, 11) is 0. The Morgan fingerprint density at radius 1 is 1.17 bits per heavy atom. The summed E-state index contributed by atoms with van der Waals surface area (Å²) in [6, 6.07) is 4.81. The fourth-order valence-corrected chi connectivity index (χ4v) is 3.93. The number of imide groups is 1. The molecule has 0 radical (unpaired) electrons. The summed E-state index contributed by atoms with van der Waals surface area (Å²) in [5.74, 6) is 0.700. The second kappa shape index (κ2) is 7.77. The fraction of sp³-hybridized carbons (Fsp3) is 0.476. The van der Waals surface area contributed by atoms with Gasteiger partial charge in [-0.1, -0.05) is 18.5 Å². The zero-order valence-electron chi connectivity index (χ0n) is 16.7. The van der Waals surface area contributed by atoms with Gasteiger partial charge in [-0.25, -0.2) is 0 Å². The number of carbonyl (C=O) groups is 3. The molecule has 0 aliphatic carbocycles. The molecule has 0 bridgehead atoms. The van der Waals surface area contributed by atoms with Gasteiger partial charge in [-0.2, -0.15) is 4.98 Å². The van der Waals surface area contributed by atoms with E-state index in [1.807, 2.05) is 6.92 Å². The summed E-state index contributed by atoms with van der Waals surface area (Å²) in [5, 5.41) is 3.83. The van der Waals surface area contributed by atoms with Crippen molar-refractivity contribution in [3.63, 3.8) is 0 Å². The summed E-state index contributed by atoms with van der Waals surface area (Å²) in [4.78, 5) is 45.4. The Hall–Kier alpha value is -3.03. The highest BCUT2D eigenvalue weighted by atomic mass is 16.5. The molecule has 0 unspecified atom stereocenters. The van der Waals surface area contributed by atoms with Crippen LogP contribution in [0.4, 0.5) is 0 Å². The van der Waals surface area contributed by atoms with Crippen LogP contribution in [0.5, 0.6) is 0 Å². The number of likely N-dealkylation sites (tertiary alicyclic amines) is 1. The van der Waals surface area contributed by atoms with Gasteiger partial charge in [0, 0.05) is 31.1 Å². The van der Waals surface area contributed by atoms with Gasteiger partial charge >= 0.3 is 0 Å². The molecule has 2 aliphatic heterocycles. The number of unbranched alkanes of at least 4 members (excludes halogenated alkanes) is 1. The van der Waals surface area contributed by atoms with Gasteiger partial charge in [0.05, 0.1) is 11.1 Å². The molecule has 0 N–H and O–H groups in total. The number of nitrogens with zero attached hydrogens (tertiary/aromatic N) is 4. The number of benzene rings is 1. The maximum Gasteiger partial charge on any atom is 0.261 e. The van der Waals surface area contributed by atoms with Crippen LogP contribution >= 0.6 is 0 Å². The molecular formula is C21H24N4O4. The van der Waals surface area contributed by atoms with Gasteiger partial charge in [0.2, 0.25) is 5.89 Å². The highest BCUT2D eigenvalue weighted by Gasteiger charge is 2.36. The predicted molar refractivity (Wildman–Crippen MR) is 104 cm³/mol. The first-order chi connectivity index (χ1) is 14.0. The summed E-state index contributed by atoms with van der Waals surface area (Å²) >= 11 is 0. The molecule has 8 nitrogen and oxygen atoms in total. The van der Waals surface area contributed by atoms with Crippen molar-refractivity contribution in [1.82, 2.24) is 19.9 Å². The number of amides is 3. The van der Waals surface area contributed by atoms with Crippen LogP contribution in [0.3, 0.4) is 0 Å². The largest absolute Gasteiger partial charge is 0.339 e. The Bertz CT molecular complexity index is 959. The Labute approximate surface area is 168 Å². The molecule has 4 rings (SSSR count). The van der Waals surface area contributed by atoms with Crippen LogP contribution in [0, 0.1) is 6.92 Å². The summed E-state index contributed by atoms with van der Waals surface area (Å²) in [6.45, 7) is 5.37. The van der Waals surface area contributed by atoms with E-state index in [0.717, 1.165) is 25.7 Å². The van der Waals surface area contributed by atoms with Crippen LogP contribution in [-0.4, -0.2) is 57.3 Å². The maximum absolute atomic E-state index is 13.0. The van der Waals surface area contributed by atoms with Gasteiger partial charge in [0.1, 0.15) is 0 Å². The zero-order chi connectivity index (χ0) is 20.5. The van der Waals surface area contributed by atoms with E-state index in [1.54, 1.807) is 30.0 Å². The zero-order valence-corrected chi connectivity index (χ0v) is 16.7. The Morgan fingerprint density at radius 2 is 1.90 bits per heavy atom. The second-order valence-corrected chi connectivity index (χ2v) is 7.62. The average molecular weight is 396 g/mol. The fourth-order valence-electron chi connectivity index (χ4n) is 3.93. The Kier molecular flexibility index (Phi) is 5.17. The van der Waals surface area contributed by atoms with Crippen molar-refractivity contribution in [2.75, 3.05) is 19.6 Å². The van der Waals surface area contributed by atoms with E-state index in [-0.39, 0.29) is 23.6 Å². The molecular weight excluding hydrogens is 372 g/mol. The lowest BCUT2D eigenvalue weighted by atomic mass is 9.96. The molecule has 0 saturated carbocycles. The normalized spacial score (nSPS) is 17.2. The van der Waals surface area contributed by atoms with E-state index in [1.165, 1.54) is 4.90 Å². The van der Waals surface area contributed by atoms with Crippen molar-refractivity contribution in [1.29, 1.82) is 0 Å². The number of carbonyl (C=O) groups excluding carboxylic acids is 3. The minimum absolute atomic E-state index is 0.125. The van der Waals surface area contributed by atoms with Crippen molar-refractivity contribution in [3.05, 3.63) is 46.6 Å². The van der Waals surface area contributed by atoms with Crippen LogP contribution in [0.1, 0.15) is 81.3 Å². The standard InChI is InChI=1S/C21H24N4O4/c1-3-4-9-25-20(27)16-6-5-15(12-17(16)21(25)28)19(26)24-10-7-14(8-11-24)18-22-13(2)23-29-18/h5-6,12,14H,3-4,7-11H2,1-2H3. The van der Waals surface area contributed by atoms with Gasteiger partial charge in [-0.3, -0.25) is 19.3 Å². The molecule has 1 fully saturated rings. The first kappa shape index (κ1) is 19.3. The Balaban J connectivity index is 1.45. The molecule has 3 amide bonds. The van der Waals surface area contributed by atoms with Crippen molar-refractivity contribution >= 4 is 17.7 Å². The van der Waals surface area contributed by atoms with E-state index in [2.05, 4.69) is 10.1 Å². The average Bonchev–Trinajstić information content (AvgIpc) is 3.28. The first-order valence-corrected chi connectivity index (χ1v) is 10.1. The lowest BCUT2D eigenvalue weighted by molar-refractivity contribution is 0.0651. The quantitative estimate of drug-likeness (QED) is 0.721. The van der Waals surface area contributed by atoms with E-state index in [9.17, 15) is 14.4 Å². The van der Waals surface area contributed by atoms with Crippen molar-refractivity contribution in [2.24, 2.45) is 0 Å². The van der Waals surface area contributed by atoms with Gasteiger partial charge in [-0.05, 0) is 44.4 Å². The number of aromatic nitrogens is 2. The highest BCUT2D eigenvalue weighted by molar-refractivity contribution is 6.22. The first-order valence-electron chi connectivity index (χ1n) is 10.1. The van der Waals surface area contributed by atoms with E-state index in [0.29, 0.717) is 48.0 Å². The molecule has 0 spiro atoms. The van der Waals surface area contributed by atoms with Gasteiger partial charge in [0.15, 0.2) is 5.82 Å². The third kappa shape index (κ3) is 3.54. The molecule has 1 saturated heterocycles. The SMILES string of the molecule is CCCCN1C(=O)c2ccc(C(=O)N3CCC(c4nc(C)no4)CC3)cc2C1=O. The lowest BCUT2D eigenvalue weighted by Gasteiger charge is -2.30. The molecule has 2 aliphatic rings.